The van der Waals surface area contributed by atoms with E-state index in [2.05, 4.69) is 23.7 Å². The Bertz CT molecular complexity index is 2900. The Kier molecular flexibility index (Phi) is 13.9. The summed E-state index contributed by atoms with van der Waals surface area (Å²) in [6.07, 6.45) is 0. The van der Waals surface area contributed by atoms with Gasteiger partial charge in [-0.2, -0.15) is 0 Å². The zero-order valence-electron chi connectivity index (χ0n) is 36.1. The minimum Gasteiger partial charge on any atom is -0.289 e. The summed E-state index contributed by atoms with van der Waals surface area (Å²) in [7, 11) is 0. The third-order valence-electron chi connectivity index (χ3n) is 10.5. The van der Waals surface area contributed by atoms with Gasteiger partial charge in [-0.25, -0.2) is 0 Å². The zero-order valence-corrected chi connectivity index (χ0v) is 36.1. The lowest BCUT2D eigenvalue weighted by Crippen LogP contribution is -2.07. The van der Waals surface area contributed by atoms with E-state index in [1.165, 1.54) is 0 Å². The first-order chi connectivity index (χ1) is 31.0. The maximum absolute atomic E-state index is 13.2. The fourth-order valence-electron chi connectivity index (χ4n) is 6.67. The minimum atomic E-state index is -0.133. The van der Waals surface area contributed by atoms with Gasteiger partial charge in [-0.15, -0.1) is 0 Å². The molecule has 0 bridgehead atoms. The van der Waals surface area contributed by atoms with Gasteiger partial charge >= 0.3 is 0 Å². The SMILES string of the molecule is Cc1ccc(C(=O)c2cc(C#Cc3ccccc3)cc(C(=O)c3ccc(C)cc3)c2)cc1.Cc1ccc(C(=O)c2ccc(C#Cc3ccc(C(=O)c4ccc(C)cc4)cc3)cc2)cc1. The Morgan fingerprint density at radius 3 is 0.781 bits per heavy atom. The molecule has 0 spiro atoms. The normalized spacial score (nSPS) is 10.2. The Morgan fingerprint density at radius 1 is 0.250 bits per heavy atom. The summed E-state index contributed by atoms with van der Waals surface area (Å²) in [5, 5.41) is 0. The Balaban J connectivity index is 0.000000191. The second kappa shape index (κ2) is 20.4. The maximum Gasteiger partial charge on any atom is 0.193 e. The fraction of sp³-hybridized carbons (Fsp3) is 0.0667. The van der Waals surface area contributed by atoms with Crippen LogP contribution in [0.1, 0.15) is 108 Å². The van der Waals surface area contributed by atoms with Crippen LogP contribution in [0.25, 0.3) is 0 Å². The van der Waals surface area contributed by atoms with Crippen LogP contribution < -0.4 is 0 Å². The fourth-order valence-corrected chi connectivity index (χ4v) is 6.67. The number of rotatable bonds is 8. The van der Waals surface area contributed by atoms with Crippen molar-refractivity contribution in [2.45, 2.75) is 27.7 Å². The van der Waals surface area contributed by atoms with Gasteiger partial charge < -0.3 is 0 Å². The lowest BCUT2D eigenvalue weighted by molar-refractivity contribution is 0.102. The molecule has 0 atom stereocenters. The molecule has 0 radical (unpaired) electrons. The Labute approximate surface area is 375 Å². The van der Waals surface area contributed by atoms with Crippen molar-refractivity contribution in [2.75, 3.05) is 0 Å². The highest BCUT2D eigenvalue weighted by Crippen LogP contribution is 2.20. The second-order valence-corrected chi connectivity index (χ2v) is 15.6. The van der Waals surface area contributed by atoms with Gasteiger partial charge in [-0.05, 0) is 107 Å². The molecule has 0 amide bonds. The molecular formula is C60H44O4. The van der Waals surface area contributed by atoms with Crippen molar-refractivity contribution in [1.29, 1.82) is 0 Å². The number of carbonyl (C=O) groups excluding carboxylic acids is 4. The summed E-state index contributed by atoms with van der Waals surface area (Å²) in [6.45, 7) is 7.95. The number of benzene rings is 8. The molecule has 64 heavy (non-hydrogen) atoms. The monoisotopic (exact) mass is 828 g/mol. The van der Waals surface area contributed by atoms with Gasteiger partial charge in [0, 0.05) is 66.8 Å². The smallest absolute Gasteiger partial charge is 0.193 e. The Morgan fingerprint density at radius 2 is 0.484 bits per heavy atom. The average Bonchev–Trinajstić information content (AvgIpc) is 3.33. The van der Waals surface area contributed by atoms with Crippen LogP contribution in [0.3, 0.4) is 0 Å². The third-order valence-corrected chi connectivity index (χ3v) is 10.5. The van der Waals surface area contributed by atoms with E-state index in [0.29, 0.717) is 50.1 Å². The summed E-state index contributed by atoms with van der Waals surface area (Å²) >= 11 is 0. The van der Waals surface area contributed by atoms with E-state index in [1.807, 2.05) is 155 Å². The van der Waals surface area contributed by atoms with E-state index in [-0.39, 0.29) is 23.1 Å². The molecule has 0 aliphatic heterocycles. The number of hydrogen-bond acceptors (Lipinski definition) is 4. The molecule has 0 N–H and O–H groups in total. The molecule has 8 aromatic rings. The maximum atomic E-state index is 13.2. The van der Waals surface area contributed by atoms with E-state index in [1.54, 1.807) is 66.7 Å². The largest absolute Gasteiger partial charge is 0.289 e. The average molecular weight is 829 g/mol. The van der Waals surface area contributed by atoms with Crippen LogP contribution in [-0.4, -0.2) is 23.1 Å². The van der Waals surface area contributed by atoms with Gasteiger partial charge in [-0.3, -0.25) is 19.2 Å². The topological polar surface area (TPSA) is 68.3 Å². The van der Waals surface area contributed by atoms with Crippen LogP contribution in [0, 0.1) is 51.4 Å². The third kappa shape index (κ3) is 11.5. The molecular weight excluding hydrogens is 785 g/mol. The molecule has 0 aliphatic rings. The molecule has 0 unspecified atom stereocenters. The van der Waals surface area contributed by atoms with E-state index in [4.69, 9.17) is 0 Å². The van der Waals surface area contributed by atoms with Crippen LogP contribution in [0.5, 0.6) is 0 Å². The van der Waals surface area contributed by atoms with Crippen molar-refractivity contribution in [3.63, 3.8) is 0 Å². The molecule has 0 saturated carbocycles. The van der Waals surface area contributed by atoms with Crippen molar-refractivity contribution in [3.8, 4) is 23.7 Å². The van der Waals surface area contributed by atoms with Gasteiger partial charge in [0.05, 0.1) is 0 Å². The number of carbonyl (C=O) groups is 4. The van der Waals surface area contributed by atoms with Crippen molar-refractivity contribution in [3.05, 3.63) is 283 Å². The lowest BCUT2D eigenvalue weighted by Gasteiger charge is -2.08. The molecule has 4 nitrogen and oxygen atoms in total. The summed E-state index contributed by atoms with van der Waals surface area (Å²) in [4.78, 5) is 51.5. The highest BCUT2D eigenvalue weighted by Gasteiger charge is 2.16. The molecule has 0 heterocycles. The Hall–Kier alpha value is -8.44. The first kappa shape index (κ1) is 43.6. The molecule has 8 aromatic carbocycles. The first-order valence-electron chi connectivity index (χ1n) is 20.9. The van der Waals surface area contributed by atoms with Crippen LogP contribution in [-0.2, 0) is 0 Å². The molecule has 0 saturated heterocycles. The van der Waals surface area contributed by atoms with Gasteiger partial charge in [0.1, 0.15) is 0 Å². The number of hydrogen-bond donors (Lipinski definition) is 0. The summed E-state index contributed by atoms with van der Waals surface area (Å²) in [5.74, 6) is 12.2. The molecule has 4 heteroatoms. The highest BCUT2D eigenvalue weighted by atomic mass is 16.1. The van der Waals surface area contributed by atoms with E-state index in [9.17, 15) is 19.2 Å². The highest BCUT2D eigenvalue weighted by molar-refractivity contribution is 6.14. The van der Waals surface area contributed by atoms with Crippen LogP contribution in [0.2, 0.25) is 0 Å². The minimum absolute atomic E-state index is 0.00154. The quantitative estimate of drug-likeness (QED) is 0.113. The van der Waals surface area contributed by atoms with Crippen molar-refractivity contribution in [1.82, 2.24) is 0 Å². The standard InChI is InChI=1S/2C30H22O2/c1-21-3-13-25(14-4-21)29(31)27-17-9-23(10-18-27)7-8-24-11-19-28(20-12-24)30(32)26-15-5-22(2)6-16-26;1-21-8-14-25(15-9-21)29(31)27-18-24(13-12-23-6-4-3-5-7-23)19-28(20-27)30(32)26-16-10-22(2)11-17-26/h3-6,9-20H,1-2H3;3-11,14-20H,1-2H3. The summed E-state index contributed by atoms with van der Waals surface area (Å²) in [6, 6.07) is 59.4. The predicted octanol–water partition coefficient (Wildman–Crippen LogP) is 12.3. The van der Waals surface area contributed by atoms with E-state index < -0.39 is 0 Å². The number of aryl methyl sites for hydroxylation is 4. The van der Waals surface area contributed by atoms with E-state index >= 15 is 0 Å². The van der Waals surface area contributed by atoms with Gasteiger partial charge in [0.25, 0.3) is 0 Å². The van der Waals surface area contributed by atoms with Crippen molar-refractivity contribution >= 4 is 23.1 Å². The lowest BCUT2D eigenvalue weighted by atomic mass is 9.94. The molecule has 8 rings (SSSR count). The van der Waals surface area contributed by atoms with Crippen molar-refractivity contribution < 1.29 is 19.2 Å². The molecule has 0 aliphatic carbocycles. The molecule has 0 fully saturated rings. The van der Waals surface area contributed by atoms with Crippen LogP contribution in [0.15, 0.2) is 194 Å². The van der Waals surface area contributed by atoms with Gasteiger partial charge in [0.15, 0.2) is 23.1 Å². The van der Waals surface area contributed by atoms with Gasteiger partial charge in [0.2, 0.25) is 0 Å². The molecule has 308 valence electrons. The molecule has 0 aromatic heterocycles. The first-order valence-corrected chi connectivity index (χ1v) is 20.9. The van der Waals surface area contributed by atoms with Crippen molar-refractivity contribution in [2.24, 2.45) is 0 Å². The van der Waals surface area contributed by atoms with E-state index in [0.717, 1.165) is 38.9 Å². The summed E-state index contributed by atoms with van der Waals surface area (Å²) in [5.41, 5.74) is 12.2. The van der Waals surface area contributed by atoms with Crippen LogP contribution in [0.4, 0.5) is 0 Å². The van der Waals surface area contributed by atoms with Gasteiger partial charge in [-0.1, -0.05) is 161 Å². The summed E-state index contributed by atoms with van der Waals surface area (Å²) < 4.78 is 0. The predicted molar refractivity (Wildman–Crippen MR) is 256 cm³/mol. The second-order valence-electron chi connectivity index (χ2n) is 15.6. The zero-order chi connectivity index (χ0) is 45.0. The number of ketones is 4. The van der Waals surface area contributed by atoms with Crippen LogP contribution >= 0.6 is 0 Å².